The quantitative estimate of drug-likeness (QED) is 0.566. The smallest absolute Gasteiger partial charge is 0.324 e. The molecule has 0 bridgehead atoms. The van der Waals surface area contributed by atoms with Crippen molar-refractivity contribution in [2.45, 2.75) is 18.6 Å². The Hall–Kier alpha value is -0.910. The molecule has 0 rings (SSSR count). The molecule has 0 spiro atoms. The van der Waals surface area contributed by atoms with Crippen LogP contribution in [-0.4, -0.2) is 18.9 Å². The molecule has 0 saturated heterocycles. The summed E-state index contributed by atoms with van der Waals surface area (Å²) in [5, 5.41) is 0. The van der Waals surface area contributed by atoms with Crippen molar-refractivity contribution >= 4 is 0 Å². The molecule has 0 heterocycles. The molecule has 0 aliphatic heterocycles. The number of hydrogen-bond donors (Lipinski definition) is 1. The summed E-state index contributed by atoms with van der Waals surface area (Å²) < 4.78 is 60.4. The zero-order valence-corrected chi connectivity index (χ0v) is 7.24. The molecule has 0 aromatic rings. The van der Waals surface area contributed by atoms with E-state index in [1.165, 1.54) is 0 Å². The number of allylic oxidation sites excluding steroid dienone is 1. The summed E-state index contributed by atoms with van der Waals surface area (Å²) in [5.74, 6) is -1.58. The zero-order chi connectivity index (χ0) is 11.4. The minimum absolute atomic E-state index is 0.692. The number of halogens is 5. The lowest BCUT2D eigenvalue weighted by molar-refractivity contribution is -0.0972. The lowest BCUT2D eigenvalue weighted by Crippen LogP contribution is -2.20. The molecule has 1 nitrogen and oxygen atoms in total. The van der Waals surface area contributed by atoms with Crippen LogP contribution < -0.4 is 5.73 Å². The highest BCUT2D eigenvalue weighted by atomic mass is 19.4. The molecule has 1 atom stereocenters. The maximum Gasteiger partial charge on any atom is 0.417 e. The summed E-state index contributed by atoms with van der Waals surface area (Å²) >= 11 is 0. The van der Waals surface area contributed by atoms with Crippen LogP contribution in [0.2, 0.25) is 0 Å². The van der Waals surface area contributed by atoms with Crippen molar-refractivity contribution < 1.29 is 22.0 Å². The van der Waals surface area contributed by atoms with Gasteiger partial charge in [0.15, 0.2) is 0 Å². The third-order valence-electron chi connectivity index (χ3n) is 1.52. The first-order chi connectivity index (χ1) is 6.32. The summed E-state index contributed by atoms with van der Waals surface area (Å²) in [6.45, 7) is 1.28. The summed E-state index contributed by atoms with van der Waals surface area (Å²) in [7, 11) is 0. The Morgan fingerprint density at radius 3 is 2.21 bits per heavy atom. The molecule has 0 aliphatic carbocycles. The minimum Gasteiger partial charge on any atom is -0.324 e. The largest absolute Gasteiger partial charge is 0.417 e. The van der Waals surface area contributed by atoms with Crippen LogP contribution in [0.4, 0.5) is 22.0 Å². The molecule has 2 N–H and O–H groups in total. The number of rotatable bonds is 4. The van der Waals surface area contributed by atoms with Crippen LogP contribution in [0.3, 0.4) is 0 Å². The van der Waals surface area contributed by atoms with Crippen molar-refractivity contribution in [3.05, 3.63) is 24.1 Å². The van der Waals surface area contributed by atoms with Crippen LogP contribution in [0.1, 0.15) is 6.42 Å². The van der Waals surface area contributed by atoms with Gasteiger partial charge in [0.05, 0.1) is 5.57 Å². The van der Waals surface area contributed by atoms with Crippen molar-refractivity contribution in [1.82, 2.24) is 0 Å². The molecule has 0 aliphatic rings. The molecule has 14 heavy (non-hydrogen) atoms. The Labute approximate surface area is 78.1 Å². The van der Waals surface area contributed by atoms with Crippen LogP contribution in [0.15, 0.2) is 24.1 Å². The second kappa shape index (κ2) is 5.09. The highest BCUT2D eigenvalue weighted by molar-refractivity contribution is 5.16. The molecule has 1 unspecified atom stereocenters. The third-order valence-corrected chi connectivity index (χ3v) is 1.52. The Morgan fingerprint density at radius 2 is 1.93 bits per heavy atom. The Morgan fingerprint density at radius 1 is 1.43 bits per heavy atom. The van der Waals surface area contributed by atoms with Crippen molar-refractivity contribution in [1.29, 1.82) is 0 Å². The highest BCUT2D eigenvalue weighted by Crippen LogP contribution is 2.30. The molecule has 0 saturated carbocycles. The Balaban J connectivity index is 4.76. The molecule has 0 amide bonds. The number of alkyl halides is 4. The van der Waals surface area contributed by atoms with Gasteiger partial charge in [0.1, 0.15) is 12.5 Å². The summed E-state index contributed by atoms with van der Waals surface area (Å²) in [5.41, 5.74) is 3.32. The standard InChI is InChI=1S/C8H10F5N/c1-2-5(14)3-7(10)6(4-9)8(11,12)13/h2,5H,1,3-4,14H2/b7-6-. The van der Waals surface area contributed by atoms with E-state index in [4.69, 9.17) is 5.73 Å². The molecule has 0 aromatic heterocycles. The average Bonchev–Trinajstić information content (AvgIpc) is 2.02. The lowest BCUT2D eigenvalue weighted by atomic mass is 10.1. The minimum atomic E-state index is -4.99. The first kappa shape index (κ1) is 13.1. The molecule has 0 fully saturated rings. The van der Waals surface area contributed by atoms with E-state index in [2.05, 4.69) is 6.58 Å². The van der Waals surface area contributed by atoms with Crippen molar-refractivity contribution in [3.63, 3.8) is 0 Å². The van der Waals surface area contributed by atoms with Gasteiger partial charge in [-0.3, -0.25) is 0 Å². The van der Waals surface area contributed by atoms with Crippen molar-refractivity contribution in [2.75, 3.05) is 6.67 Å². The van der Waals surface area contributed by atoms with Crippen LogP contribution in [-0.2, 0) is 0 Å². The van der Waals surface area contributed by atoms with Crippen LogP contribution >= 0.6 is 0 Å². The fraction of sp³-hybridized carbons (Fsp3) is 0.500. The van der Waals surface area contributed by atoms with Gasteiger partial charge in [-0.25, -0.2) is 8.78 Å². The van der Waals surface area contributed by atoms with E-state index < -0.39 is 36.7 Å². The molecule has 0 radical (unpaired) electrons. The van der Waals surface area contributed by atoms with E-state index in [1.54, 1.807) is 0 Å². The summed E-state index contributed by atoms with van der Waals surface area (Å²) in [6, 6.07) is -0.945. The van der Waals surface area contributed by atoms with Gasteiger partial charge >= 0.3 is 6.18 Å². The second-order valence-electron chi connectivity index (χ2n) is 2.62. The first-order valence-corrected chi connectivity index (χ1v) is 3.71. The monoisotopic (exact) mass is 215 g/mol. The predicted octanol–water partition coefficient (Wildman–Crippen LogP) is 2.65. The predicted molar refractivity (Wildman–Crippen MR) is 43.0 cm³/mol. The van der Waals surface area contributed by atoms with E-state index in [-0.39, 0.29) is 0 Å². The maximum absolute atomic E-state index is 12.8. The lowest BCUT2D eigenvalue weighted by Gasteiger charge is -2.11. The van der Waals surface area contributed by atoms with Crippen LogP contribution in [0, 0.1) is 0 Å². The maximum atomic E-state index is 12.8. The SMILES string of the molecule is C=CC(N)C/C(F)=C(\CF)C(F)(F)F. The number of nitrogens with two attached hydrogens (primary N) is 1. The Bertz CT molecular complexity index is 230. The normalized spacial score (nSPS) is 16.1. The van der Waals surface area contributed by atoms with Gasteiger partial charge in [0.2, 0.25) is 0 Å². The number of hydrogen-bond acceptors (Lipinski definition) is 1. The summed E-state index contributed by atoms with van der Waals surface area (Å²) in [4.78, 5) is 0. The van der Waals surface area contributed by atoms with Gasteiger partial charge in [-0.05, 0) is 0 Å². The van der Waals surface area contributed by atoms with Crippen molar-refractivity contribution in [2.24, 2.45) is 5.73 Å². The molecular formula is C8H10F5N. The fourth-order valence-corrected chi connectivity index (χ4v) is 0.716. The highest BCUT2D eigenvalue weighted by Gasteiger charge is 2.36. The van der Waals surface area contributed by atoms with Gasteiger partial charge in [0.25, 0.3) is 0 Å². The Kier molecular flexibility index (Phi) is 4.76. The van der Waals surface area contributed by atoms with Gasteiger partial charge in [-0.1, -0.05) is 6.08 Å². The van der Waals surface area contributed by atoms with Crippen LogP contribution in [0.5, 0.6) is 0 Å². The molecule has 0 aromatic carbocycles. The van der Waals surface area contributed by atoms with E-state index in [0.717, 1.165) is 6.08 Å². The van der Waals surface area contributed by atoms with Crippen LogP contribution in [0.25, 0.3) is 0 Å². The molecule has 82 valence electrons. The molecular weight excluding hydrogens is 205 g/mol. The fourth-order valence-electron chi connectivity index (χ4n) is 0.716. The van der Waals surface area contributed by atoms with Gasteiger partial charge < -0.3 is 5.73 Å². The van der Waals surface area contributed by atoms with Gasteiger partial charge in [-0.15, -0.1) is 6.58 Å². The summed E-state index contributed by atoms with van der Waals surface area (Å²) in [6.07, 6.45) is -4.59. The van der Waals surface area contributed by atoms with Gasteiger partial charge in [-0.2, -0.15) is 13.2 Å². The average molecular weight is 215 g/mol. The van der Waals surface area contributed by atoms with E-state index >= 15 is 0 Å². The van der Waals surface area contributed by atoms with Gasteiger partial charge in [0, 0.05) is 12.5 Å². The second-order valence-corrected chi connectivity index (χ2v) is 2.62. The molecule has 6 heteroatoms. The van der Waals surface area contributed by atoms with E-state index in [9.17, 15) is 22.0 Å². The topological polar surface area (TPSA) is 26.0 Å². The van der Waals surface area contributed by atoms with Crippen molar-refractivity contribution in [3.8, 4) is 0 Å². The van der Waals surface area contributed by atoms with E-state index in [0.29, 0.717) is 0 Å². The third kappa shape index (κ3) is 3.87. The van der Waals surface area contributed by atoms with E-state index in [1.807, 2.05) is 0 Å². The first-order valence-electron chi connectivity index (χ1n) is 3.71. The zero-order valence-electron chi connectivity index (χ0n) is 7.24.